The minimum absolute atomic E-state index is 0.0199. The molecule has 0 aliphatic heterocycles. The maximum atomic E-state index is 13.4. The highest BCUT2D eigenvalue weighted by Crippen LogP contribution is 2.32. The molecule has 0 fully saturated rings. The molecule has 0 aromatic heterocycles. The van der Waals surface area contributed by atoms with Gasteiger partial charge in [-0.1, -0.05) is 146 Å². The van der Waals surface area contributed by atoms with Crippen molar-refractivity contribution in [2.24, 2.45) is 0 Å². The van der Waals surface area contributed by atoms with E-state index in [1.54, 1.807) is 0 Å². The largest absolute Gasteiger partial charge is 0.460 e. The Morgan fingerprint density at radius 3 is 0.515 bits per heavy atom. The van der Waals surface area contributed by atoms with Gasteiger partial charge in [0.2, 0.25) is 0 Å². The second-order valence-corrected chi connectivity index (χ2v) is 22.2. The van der Waals surface area contributed by atoms with Crippen LogP contribution >= 0.6 is 0 Å². The fourth-order valence-corrected chi connectivity index (χ4v) is 10.9. The van der Waals surface area contributed by atoms with Gasteiger partial charge in [-0.3, -0.25) is 0 Å². The summed E-state index contributed by atoms with van der Waals surface area (Å²) >= 11 is 0. The zero-order chi connectivity index (χ0) is 68.6. The highest BCUT2D eigenvalue weighted by Gasteiger charge is 2.22. The average molecular weight is 1350 g/mol. The molecule has 0 spiro atoms. The van der Waals surface area contributed by atoms with Gasteiger partial charge in [0.15, 0.2) is 0 Å². The maximum Gasteiger partial charge on any atom is 0.339 e. The summed E-state index contributed by atoms with van der Waals surface area (Å²) in [6.45, 7) is 3.10. The molecule has 0 amide bonds. The Balaban J connectivity index is 0.592. The van der Waals surface area contributed by atoms with Crippen LogP contribution in [0.2, 0.25) is 0 Å². The van der Waals surface area contributed by atoms with Crippen LogP contribution < -0.4 is 0 Å². The lowest BCUT2D eigenvalue weighted by molar-refractivity contribution is -0.00681. The first-order valence-electron chi connectivity index (χ1n) is 32.8. The first-order valence-corrected chi connectivity index (χ1v) is 32.8. The van der Waals surface area contributed by atoms with Crippen LogP contribution in [0, 0.1) is 0 Å². The summed E-state index contributed by atoms with van der Waals surface area (Å²) in [6.07, 6.45) is 0. The second-order valence-electron chi connectivity index (χ2n) is 22.2. The van der Waals surface area contributed by atoms with Gasteiger partial charge in [0.25, 0.3) is 0 Å². The predicted molar refractivity (Wildman–Crippen MR) is 370 cm³/mol. The van der Waals surface area contributed by atoms with E-state index >= 15 is 0 Å². The molecule has 21 heteroatoms. The summed E-state index contributed by atoms with van der Waals surface area (Å²) in [5.74, 6) is -3.78. The Morgan fingerprint density at radius 1 is 0.182 bits per heavy atom. The van der Waals surface area contributed by atoms with Crippen molar-refractivity contribution < 1.29 is 99.8 Å². The van der Waals surface area contributed by atoms with Crippen LogP contribution in [-0.4, -0.2) is 194 Å². The number of esters is 6. The minimum atomic E-state index is -0.836. The van der Waals surface area contributed by atoms with Crippen molar-refractivity contribution in [3.63, 3.8) is 0 Å². The van der Waals surface area contributed by atoms with E-state index in [0.717, 1.165) is 64.6 Å². The smallest absolute Gasteiger partial charge is 0.339 e. The molecule has 0 saturated heterocycles. The van der Waals surface area contributed by atoms with Gasteiger partial charge in [-0.2, -0.15) is 0 Å². The van der Waals surface area contributed by atoms with E-state index in [4.69, 9.17) is 71.1 Å². The van der Waals surface area contributed by atoms with Gasteiger partial charge in [0.05, 0.1) is 152 Å². The summed E-state index contributed by atoms with van der Waals surface area (Å²) in [5.41, 5.74) is 1.21. The van der Waals surface area contributed by atoms with Gasteiger partial charge in [0.1, 0.15) is 39.6 Å². The standard InChI is InChI=1S/C78H78O21/c79-73(94-43-37-88-31-25-85-28-34-91-40-46-97-76(82)70-64-19-7-1-13-55(64)49-56-14-2-8-20-65(56)70)61-52-62(74(80)95-44-38-89-32-26-86-29-35-92-41-47-98-77(83)71-66-21-9-3-15-57(66)50-58-16-4-10-22-67(58)71)54-63(53-61)75(81)96-45-39-90-33-27-87-30-36-93-42-48-99-78(84)72-68-23-11-5-17-59(68)51-60-18-6-12-24-69(60)72/h1-24,49-54H,25-48H2. The molecule has 99 heavy (non-hydrogen) atoms. The van der Waals surface area contributed by atoms with Crippen LogP contribution in [0.25, 0.3) is 64.6 Å². The van der Waals surface area contributed by atoms with Crippen LogP contribution in [0.3, 0.4) is 0 Å². The molecule has 0 heterocycles. The molecule has 0 bridgehead atoms. The lowest BCUT2D eigenvalue weighted by atomic mass is 9.97. The molecule has 0 saturated carbocycles. The number of hydrogen-bond acceptors (Lipinski definition) is 21. The van der Waals surface area contributed by atoms with E-state index < -0.39 is 35.8 Å². The van der Waals surface area contributed by atoms with Crippen molar-refractivity contribution >= 4 is 100 Å². The molecular weight excluding hydrogens is 1270 g/mol. The third-order valence-electron chi connectivity index (χ3n) is 15.6. The molecule has 10 rings (SSSR count). The van der Waals surface area contributed by atoms with Crippen molar-refractivity contribution in [1.82, 2.24) is 0 Å². The molecule has 0 radical (unpaired) electrons. The molecule has 0 atom stereocenters. The van der Waals surface area contributed by atoms with Crippen LogP contribution in [0.4, 0.5) is 0 Å². The quantitative estimate of drug-likeness (QED) is 0.0149. The minimum Gasteiger partial charge on any atom is -0.460 e. The Bertz CT molecular complexity index is 3730. The molecule has 0 N–H and O–H groups in total. The normalized spacial score (nSPS) is 11.4. The van der Waals surface area contributed by atoms with Crippen molar-refractivity contribution in [1.29, 1.82) is 0 Å². The second kappa shape index (κ2) is 39.0. The number of carbonyl (C=O) groups excluding carboxylic acids is 6. The predicted octanol–water partition coefficient (Wildman–Crippen LogP) is 11.8. The van der Waals surface area contributed by atoms with Crippen LogP contribution in [0.15, 0.2) is 182 Å². The van der Waals surface area contributed by atoms with Crippen LogP contribution in [0.5, 0.6) is 0 Å². The SMILES string of the molecule is O=C(OCCOCCOCCOCCOC(=O)c1c2ccccc2cc2ccccc12)c1cc(C(=O)OCCOCCOCCOCCOC(=O)c2c3ccccc3cc3ccccc23)cc(C(=O)OCCOCCOCCOCCOC(=O)c2c3ccccc3cc3ccccc23)c1. The fraction of sp³-hybridized carbons (Fsp3) is 0.308. The van der Waals surface area contributed by atoms with Gasteiger partial charge < -0.3 is 71.1 Å². The monoisotopic (exact) mass is 1350 g/mol. The van der Waals surface area contributed by atoms with Crippen molar-refractivity contribution in [3.05, 3.63) is 215 Å². The molecular formula is C78H78O21. The number of hydrogen-bond donors (Lipinski definition) is 0. The van der Waals surface area contributed by atoms with Crippen molar-refractivity contribution in [2.45, 2.75) is 0 Å². The van der Waals surface area contributed by atoms with Gasteiger partial charge in [-0.15, -0.1) is 0 Å². The molecule has 516 valence electrons. The van der Waals surface area contributed by atoms with Gasteiger partial charge in [-0.05, 0) is 101 Å². The number of ether oxygens (including phenoxy) is 15. The number of benzene rings is 10. The third kappa shape index (κ3) is 21.1. The zero-order valence-corrected chi connectivity index (χ0v) is 54.9. The summed E-state index contributed by atoms with van der Waals surface area (Å²) in [7, 11) is 0. The Kier molecular flexibility index (Phi) is 28.3. The topological polar surface area (TPSA) is 241 Å². The average Bonchev–Trinajstić information content (AvgIpc) is 0.785. The highest BCUT2D eigenvalue weighted by molar-refractivity contribution is 6.19. The summed E-state index contributed by atoms with van der Waals surface area (Å²) in [4.78, 5) is 79.8. The molecule has 10 aromatic rings. The summed E-state index contributed by atoms with van der Waals surface area (Å²) in [5, 5.41) is 10.6. The maximum absolute atomic E-state index is 13.4. The lowest BCUT2D eigenvalue weighted by Gasteiger charge is -2.12. The third-order valence-corrected chi connectivity index (χ3v) is 15.6. The van der Waals surface area contributed by atoms with E-state index in [2.05, 4.69) is 18.2 Å². The first kappa shape index (κ1) is 72.0. The first-order chi connectivity index (χ1) is 48.7. The van der Waals surface area contributed by atoms with Gasteiger partial charge >= 0.3 is 35.8 Å². The Labute approximate surface area is 571 Å². The highest BCUT2D eigenvalue weighted by atomic mass is 16.6. The molecule has 0 aliphatic carbocycles. The van der Waals surface area contributed by atoms with Crippen molar-refractivity contribution in [2.75, 3.05) is 159 Å². The molecule has 21 nitrogen and oxygen atoms in total. The zero-order valence-electron chi connectivity index (χ0n) is 54.9. The number of carbonyl (C=O) groups is 6. The van der Waals surface area contributed by atoms with E-state index in [1.165, 1.54) is 18.2 Å². The van der Waals surface area contributed by atoms with Gasteiger partial charge in [-0.25, -0.2) is 28.8 Å². The van der Waals surface area contributed by atoms with Crippen molar-refractivity contribution in [3.8, 4) is 0 Å². The number of rotatable bonds is 42. The summed E-state index contributed by atoms with van der Waals surface area (Å²) in [6, 6.07) is 56.1. The van der Waals surface area contributed by atoms with Crippen LogP contribution in [-0.2, 0) is 71.1 Å². The molecule has 0 unspecified atom stereocenters. The van der Waals surface area contributed by atoms with Crippen LogP contribution in [0.1, 0.15) is 62.1 Å². The van der Waals surface area contributed by atoms with E-state index in [9.17, 15) is 28.8 Å². The van der Waals surface area contributed by atoms with Gasteiger partial charge in [0, 0.05) is 0 Å². The summed E-state index contributed by atoms with van der Waals surface area (Å²) < 4.78 is 83.5. The van der Waals surface area contributed by atoms with E-state index in [1.807, 2.05) is 146 Å². The lowest BCUT2D eigenvalue weighted by Crippen LogP contribution is -2.18. The van der Waals surface area contributed by atoms with E-state index in [-0.39, 0.29) is 175 Å². The number of fused-ring (bicyclic) bond motifs is 6. The Hall–Kier alpha value is -9.78. The van der Waals surface area contributed by atoms with E-state index in [0.29, 0.717) is 16.7 Å². The fourth-order valence-electron chi connectivity index (χ4n) is 10.9. The Morgan fingerprint density at radius 2 is 0.333 bits per heavy atom. The molecule has 10 aromatic carbocycles. The molecule has 0 aliphatic rings.